The summed E-state index contributed by atoms with van der Waals surface area (Å²) in [5.74, 6) is -0.0916. The smallest absolute Gasteiger partial charge is 0.252 e. The van der Waals surface area contributed by atoms with E-state index >= 15 is 0 Å². The summed E-state index contributed by atoms with van der Waals surface area (Å²) in [6.45, 7) is 2.24. The SMILES string of the molecule is CN(C)CCNC(=O)c1cncc(NCCc2ccccc2)c1. The lowest BCUT2D eigenvalue weighted by Crippen LogP contribution is -2.31. The van der Waals surface area contributed by atoms with Crippen LogP contribution in [0.4, 0.5) is 5.69 Å². The molecular weight excluding hydrogens is 288 g/mol. The van der Waals surface area contributed by atoms with Gasteiger partial charge in [0, 0.05) is 32.0 Å². The summed E-state index contributed by atoms with van der Waals surface area (Å²) in [5.41, 5.74) is 2.72. The van der Waals surface area contributed by atoms with Crippen molar-refractivity contribution in [1.82, 2.24) is 15.2 Å². The van der Waals surface area contributed by atoms with E-state index in [1.54, 1.807) is 12.4 Å². The first-order chi connectivity index (χ1) is 11.1. The van der Waals surface area contributed by atoms with Crippen molar-refractivity contribution in [2.45, 2.75) is 6.42 Å². The molecule has 0 aliphatic heterocycles. The van der Waals surface area contributed by atoms with Crippen LogP contribution in [-0.4, -0.2) is 49.5 Å². The van der Waals surface area contributed by atoms with Gasteiger partial charge in [0.05, 0.1) is 11.3 Å². The Bertz CT molecular complexity index is 613. The summed E-state index contributed by atoms with van der Waals surface area (Å²) in [6.07, 6.45) is 4.26. The van der Waals surface area contributed by atoms with Crippen LogP contribution in [-0.2, 0) is 6.42 Å². The van der Waals surface area contributed by atoms with E-state index in [9.17, 15) is 4.79 Å². The number of carbonyl (C=O) groups excluding carboxylic acids is 1. The number of nitrogens with zero attached hydrogens (tertiary/aromatic N) is 2. The Kier molecular flexibility index (Phi) is 6.56. The molecule has 23 heavy (non-hydrogen) atoms. The topological polar surface area (TPSA) is 57.3 Å². The van der Waals surface area contributed by atoms with Gasteiger partial charge in [-0.25, -0.2) is 0 Å². The van der Waals surface area contributed by atoms with Crippen molar-refractivity contribution in [2.75, 3.05) is 39.0 Å². The predicted octanol–water partition coefficient (Wildman–Crippen LogP) is 2.03. The third kappa shape index (κ3) is 6.08. The van der Waals surface area contributed by atoms with Gasteiger partial charge in [-0.3, -0.25) is 9.78 Å². The van der Waals surface area contributed by atoms with E-state index in [0.717, 1.165) is 25.2 Å². The van der Waals surface area contributed by atoms with Gasteiger partial charge in [-0.2, -0.15) is 0 Å². The first-order valence-electron chi connectivity index (χ1n) is 7.81. The van der Waals surface area contributed by atoms with Crippen molar-refractivity contribution in [1.29, 1.82) is 0 Å². The van der Waals surface area contributed by atoms with E-state index < -0.39 is 0 Å². The number of amides is 1. The molecule has 0 aliphatic rings. The number of pyridine rings is 1. The Balaban J connectivity index is 1.83. The van der Waals surface area contributed by atoms with Crippen LogP contribution in [0.1, 0.15) is 15.9 Å². The number of rotatable bonds is 8. The highest BCUT2D eigenvalue weighted by Crippen LogP contribution is 2.09. The molecule has 1 aromatic carbocycles. The normalized spacial score (nSPS) is 10.6. The molecule has 0 unspecified atom stereocenters. The molecule has 0 saturated carbocycles. The van der Waals surface area contributed by atoms with Crippen LogP contribution in [0.3, 0.4) is 0 Å². The second-order valence-corrected chi connectivity index (χ2v) is 5.68. The van der Waals surface area contributed by atoms with Crippen LogP contribution in [0, 0.1) is 0 Å². The van der Waals surface area contributed by atoms with Crippen LogP contribution in [0.25, 0.3) is 0 Å². The van der Waals surface area contributed by atoms with E-state index in [0.29, 0.717) is 12.1 Å². The van der Waals surface area contributed by atoms with Crippen molar-refractivity contribution in [3.8, 4) is 0 Å². The average molecular weight is 312 g/mol. The summed E-state index contributed by atoms with van der Waals surface area (Å²) in [4.78, 5) is 18.2. The van der Waals surface area contributed by atoms with Crippen molar-refractivity contribution in [3.05, 3.63) is 59.9 Å². The summed E-state index contributed by atoms with van der Waals surface area (Å²) in [6, 6.07) is 12.1. The van der Waals surface area contributed by atoms with Gasteiger partial charge in [0.15, 0.2) is 0 Å². The monoisotopic (exact) mass is 312 g/mol. The number of hydrogen-bond acceptors (Lipinski definition) is 4. The molecular formula is C18H24N4O. The lowest BCUT2D eigenvalue weighted by molar-refractivity contribution is 0.0950. The van der Waals surface area contributed by atoms with Crippen LogP contribution in [0.2, 0.25) is 0 Å². The zero-order valence-corrected chi connectivity index (χ0v) is 13.7. The molecule has 0 fully saturated rings. The third-order valence-corrected chi connectivity index (χ3v) is 3.43. The highest BCUT2D eigenvalue weighted by molar-refractivity contribution is 5.94. The van der Waals surface area contributed by atoms with Crippen molar-refractivity contribution < 1.29 is 4.79 Å². The Morgan fingerprint density at radius 1 is 1.13 bits per heavy atom. The van der Waals surface area contributed by atoms with Crippen LogP contribution in [0.5, 0.6) is 0 Å². The van der Waals surface area contributed by atoms with Crippen LogP contribution in [0.15, 0.2) is 48.8 Å². The zero-order chi connectivity index (χ0) is 16.5. The second-order valence-electron chi connectivity index (χ2n) is 5.68. The fourth-order valence-corrected chi connectivity index (χ4v) is 2.15. The molecule has 2 N–H and O–H groups in total. The Morgan fingerprint density at radius 2 is 1.91 bits per heavy atom. The number of carbonyl (C=O) groups is 1. The number of benzene rings is 1. The molecule has 0 spiro atoms. The van der Waals surface area contributed by atoms with Gasteiger partial charge in [0.25, 0.3) is 5.91 Å². The maximum absolute atomic E-state index is 12.1. The molecule has 0 atom stereocenters. The second kappa shape index (κ2) is 8.90. The molecule has 0 radical (unpaired) electrons. The standard InChI is InChI=1S/C18H24N4O/c1-22(2)11-10-21-18(23)16-12-17(14-19-13-16)20-9-8-15-6-4-3-5-7-15/h3-7,12-14,20H,8-11H2,1-2H3,(H,21,23). The quantitative estimate of drug-likeness (QED) is 0.783. The maximum Gasteiger partial charge on any atom is 0.252 e. The minimum absolute atomic E-state index is 0.0916. The third-order valence-electron chi connectivity index (χ3n) is 3.43. The van der Waals surface area contributed by atoms with E-state index in [2.05, 4.69) is 27.8 Å². The molecule has 2 rings (SSSR count). The summed E-state index contributed by atoms with van der Waals surface area (Å²) in [7, 11) is 3.95. The van der Waals surface area contributed by atoms with Crippen molar-refractivity contribution in [2.24, 2.45) is 0 Å². The molecule has 1 amide bonds. The number of anilines is 1. The molecule has 1 aromatic heterocycles. The molecule has 2 aromatic rings. The summed E-state index contributed by atoms with van der Waals surface area (Å²) < 4.78 is 0. The van der Waals surface area contributed by atoms with Crippen molar-refractivity contribution >= 4 is 11.6 Å². The molecule has 5 nitrogen and oxygen atoms in total. The zero-order valence-electron chi connectivity index (χ0n) is 13.7. The molecule has 1 heterocycles. The van der Waals surface area contributed by atoms with E-state index in [4.69, 9.17) is 0 Å². The van der Waals surface area contributed by atoms with Gasteiger partial charge in [-0.05, 0) is 32.1 Å². The maximum atomic E-state index is 12.1. The minimum atomic E-state index is -0.0916. The molecule has 0 aliphatic carbocycles. The number of nitrogens with one attached hydrogen (secondary N) is 2. The first-order valence-corrected chi connectivity index (χ1v) is 7.81. The number of hydrogen-bond donors (Lipinski definition) is 2. The van der Waals surface area contributed by atoms with E-state index in [-0.39, 0.29) is 5.91 Å². The molecule has 122 valence electrons. The van der Waals surface area contributed by atoms with E-state index in [1.807, 2.05) is 43.3 Å². The Hall–Kier alpha value is -2.40. The lowest BCUT2D eigenvalue weighted by Gasteiger charge is -2.11. The van der Waals surface area contributed by atoms with Crippen LogP contribution < -0.4 is 10.6 Å². The van der Waals surface area contributed by atoms with Crippen LogP contribution >= 0.6 is 0 Å². The number of aromatic nitrogens is 1. The fraction of sp³-hybridized carbons (Fsp3) is 0.333. The van der Waals surface area contributed by atoms with Gasteiger partial charge in [-0.1, -0.05) is 30.3 Å². The Labute approximate surface area is 137 Å². The van der Waals surface area contributed by atoms with Crippen molar-refractivity contribution in [3.63, 3.8) is 0 Å². The Morgan fingerprint density at radius 3 is 2.65 bits per heavy atom. The molecule has 5 heteroatoms. The predicted molar refractivity (Wildman–Crippen MR) is 93.8 cm³/mol. The summed E-state index contributed by atoms with van der Waals surface area (Å²) in [5, 5.41) is 6.20. The number of likely N-dealkylation sites (N-methyl/N-ethyl adjacent to an activating group) is 1. The summed E-state index contributed by atoms with van der Waals surface area (Å²) >= 11 is 0. The fourth-order valence-electron chi connectivity index (χ4n) is 2.15. The molecule has 0 bridgehead atoms. The van der Waals surface area contributed by atoms with Gasteiger partial charge >= 0.3 is 0 Å². The highest BCUT2D eigenvalue weighted by atomic mass is 16.1. The largest absolute Gasteiger partial charge is 0.383 e. The average Bonchev–Trinajstić information content (AvgIpc) is 2.56. The minimum Gasteiger partial charge on any atom is -0.383 e. The molecule has 0 saturated heterocycles. The van der Waals surface area contributed by atoms with E-state index in [1.165, 1.54) is 5.56 Å². The van der Waals surface area contributed by atoms with Gasteiger partial charge in [0.2, 0.25) is 0 Å². The highest BCUT2D eigenvalue weighted by Gasteiger charge is 2.06. The van der Waals surface area contributed by atoms with Gasteiger partial charge in [0.1, 0.15) is 0 Å². The van der Waals surface area contributed by atoms with Gasteiger partial charge in [-0.15, -0.1) is 0 Å². The van der Waals surface area contributed by atoms with Gasteiger partial charge < -0.3 is 15.5 Å². The lowest BCUT2D eigenvalue weighted by atomic mass is 10.1. The first kappa shape index (κ1) is 17.0.